The fourth-order valence-corrected chi connectivity index (χ4v) is 3.01. The summed E-state index contributed by atoms with van der Waals surface area (Å²) in [5.74, 6) is 1.45. The minimum Gasteiger partial charge on any atom is -0.299 e. The van der Waals surface area contributed by atoms with E-state index >= 15 is 0 Å². The van der Waals surface area contributed by atoms with E-state index in [0.717, 1.165) is 23.3 Å². The monoisotopic (exact) mass is 265 g/mol. The molecule has 1 aliphatic rings. The lowest BCUT2D eigenvalue weighted by molar-refractivity contribution is 0.338. The molecule has 3 rings (SSSR count). The zero-order chi connectivity index (χ0) is 14.3. The zero-order valence-corrected chi connectivity index (χ0v) is 12.2. The molecule has 0 saturated heterocycles. The smallest absolute Gasteiger partial charge is 0.128 e. The van der Waals surface area contributed by atoms with Crippen LogP contribution in [0.15, 0.2) is 30.3 Å². The molecule has 1 heterocycles. The summed E-state index contributed by atoms with van der Waals surface area (Å²) in [5.41, 5.74) is 3.46. The van der Waals surface area contributed by atoms with Crippen LogP contribution in [0.25, 0.3) is 16.7 Å². The third-order valence-corrected chi connectivity index (χ3v) is 4.67. The minimum atomic E-state index is 0.105. The Labute approximate surface area is 119 Å². The van der Waals surface area contributed by atoms with Crippen molar-refractivity contribution in [2.45, 2.75) is 33.6 Å². The number of nitrogens with zero attached hydrogens (tertiary/aromatic N) is 3. The van der Waals surface area contributed by atoms with Crippen molar-refractivity contribution in [3.05, 3.63) is 36.2 Å². The van der Waals surface area contributed by atoms with Gasteiger partial charge in [-0.15, -0.1) is 0 Å². The van der Waals surface area contributed by atoms with Crippen LogP contribution in [0.2, 0.25) is 0 Å². The molecule has 0 radical (unpaired) electrons. The Morgan fingerprint density at radius 1 is 1.40 bits per heavy atom. The average Bonchev–Trinajstić information content (AvgIpc) is 2.89. The maximum atomic E-state index is 9.07. The van der Waals surface area contributed by atoms with Gasteiger partial charge in [0.05, 0.1) is 23.5 Å². The fraction of sp³-hybridized carbons (Fsp3) is 0.412. The van der Waals surface area contributed by atoms with E-state index in [1.54, 1.807) is 0 Å². The lowest BCUT2D eigenvalue weighted by Crippen LogP contribution is -2.22. The van der Waals surface area contributed by atoms with Crippen LogP contribution in [0, 0.1) is 22.7 Å². The molecular weight excluding hydrogens is 246 g/mol. The van der Waals surface area contributed by atoms with Crippen molar-refractivity contribution in [1.29, 1.82) is 5.26 Å². The van der Waals surface area contributed by atoms with Gasteiger partial charge >= 0.3 is 0 Å². The quantitative estimate of drug-likeness (QED) is 0.823. The molecule has 0 saturated carbocycles. The van der Waals surface area contributed by atoms with E-state index < -0.39 is 0 Å². The first-order valence-corrected chi connectivity index (χ1v) is 7.10. The highest BCUT2D eigenvalue weighted by atomic mass is 15.1. The molecule has 20 heavy (non-hydrogen) atoms. The number of rotatable bonds is 2. The third-order valence-electron chi connectivity index (χ3n) is 4.67. The minimum absolute atomic E-state index is 0.105. The number of hydrogen-bond acceptors (Lipinski definition) is 2. The maximum Gasteiger partial charge on any atom is 0.128 e. The molecule has 3 heteroatoms. The van der Waals surface area contributed by atoms with Gasteiger partial charge in [0.2, 0.25) is 0 Å². The Balaban J connectivity index is 2.25. The van der Waals surface area contributed by atoms with Gasteiger partial charge < -0.3 is 0 Å². The van der Waals surface area contributed by atoms with Gasteiger partial charge in [-0.2, -0.15) is 5.26 Å². The van der Waals surface area contributed by atoms with Gasteiger partial charge in [0.15, 0.2) is 0 Å². The second-order valence-corrected chi connectivity index (χ2v) is 6.13. The normalized spacial score (nSPS) is 20.9. The molecule has 0 fully saturated rings. The summed E-state index contributed by atoms with van der Waals surface area (Å²) in [4.78, 5) is 4.64. The van der Waals surface area contributed by atoms with Gasteiger partial charge in [-0.1, -0.05) is 39.0 Å². The molecule has 1 aliphatic carbocycles. The van der Waals surface area contributed by atoms with E-state index in [2.05, 4.69) is 48.5 Å². The van der Waals surface area contributed by atoms with Crippen LogP contribution in [0.1, 0.15) is 33.0 Å². The molecule has 0 amide bonds. The molecule has 1 unspecified atom stereocenters. The largest absolute Gasteiger partial charge is 0.299 e. The summed E-state index contributed by atoms with van der Waals surface area (Å²) in [6, 6.07) is 10.4. The highest BCUT2D eigenvalue weighted by molar-refractivity contribution is 5.81. The Kier molecular flexibility index (Phi) is 2.90. The number of benzene rings is 1. The number of allylic oxidation sites excluding steroid dienone is 2. The van der Waals surface area contributed by atoms with Crippen molar-refractivity contribution in [2.24, 2.45) is 11.3 Å². The van der Waals surface area contributed by atoms with Crippen molar-refractivity contribution in [1.82, 2.24) is 9.55 Å². The molecule has 102 valence electrons. The van der Waals surface area contributed by atoms with Crippen molar-refractivity contribution < 1.29 is 0 Å². The Hall–Kier alpha value is -2.08. The first kappa shape index (κ1) is 12.9. The van der Waals surface area contributed by atoms with Gasteiger partial charge in [-0.25, -0.2) is 4.98 Å². The van der Waals surface area contributed by atoms with Crippen molar-refractivity contribution in [3.63, 3.8) is 0 Å². The molecule has 1 aromatic heterocycles. The summed E-state index contributed by atoms with van der Waals surface area (Å²) in [6.07, 6.45) is 3.73. The predicted octanol–water partition coefficient (Wildman–Crippen LogP) is 4.01. The van der Waals surface area contributed by atoms with Gasteiger partial charge in [-0.05, 0) is 24.5 Å². The summed E-state index contributed by atoms with van der Waals surface area (Å²) in [6.45, 7) is 6.84. The van der Waals surface area contributed by atoms with Crippen LogP contribution in [0.4, 0.5) is 0 Å². The number of aromatic nitrogens is 2. The van der Waals surface area contributed by atoms with Crippen LogP contribution >= 0.6 is 0 Å². The van der Waals surface area contributed by atoms with E-state index in [4.69, 9.17) is 5.26 Å². The topological polar surface area (TPSA) is 41.6 Å². The Bertz CT molecular complexity index is 728. The van der Waals surface area contributed by atoms with E-state index in [-0.39, 0.29) is 5.41 Å². The molecule has 1 aromatic carbocycles. The summed E-state index contributed by atoms with van der Waals surface area (Å²) in [7, 11) is 0. The van der Waals surface area contributed by atoms with Crippen molar-refractivity contribution >= 4 is 16.7 Å². The maximum absolute atomic E-state index is 9.07. The van der Waals surface area contributed by atoms with Gasteiger partial charge in [0, 0.05) is 11.1 Å². The predicted molar refractivity (Wildman–Crippen MR) is 80.9 cm³/mol. The summed E-state index contributed by atoms with van der Waals surface area (Å²) < 4.78 is 2.20. The highest BCUT2D eigenvalue weighted by Crippen LogP contribution is 2.46. The van der Waals surface area contributed by atoms with Gasteiger partial charge in [0.25, 0.3) is 0 Å². The number of fused-ring (bicyclic) bond motifs is 1. The Morgan fingerprint density at radius 2 is 2.15 bits per heavy atom. The zero-order valence-electron chi connectivity index (χ0n) is 12.2. The molecule has 1 atom stereocenters. The SMILES string of the molecule is CC1CC=C(n2c(CC#N)nc3ccccc32)C1(C)C. The number of para-hydroxylation sites is 2. The lowest BCUT2D eigenvalue weighted by Gasteiger charge is -2.29. The molecular formula is C17H19N3. The number of hydrogen-bond donors (Lipinski definition) is 0. The standard InChI is InChI=1S/C17H19N3/c1-12-8-9-15(17(12,2)3)20-14-7-5-4-6-13(14)19-16(20)10-11-18/h4-7,9,12H,8,10H2,1-3H3. The second-order valence-electron chi connectivity index (χ2n) is 6.13. The van der Waals surface area contributed by atoms with E-state index in [1.165, 1.54) is 5.70 Å². The highest BCUT2D eigenvalue weighted by Gasteiger charge is 2.36. The van der Waals surface area contributed by atoms with Crippen LogP contribution in [-0.2, 0) is 6.42 Å². The fourth-order valence-electron chi connectivity index (χ4n) is 3.01. The van der Waals surface area contributed by atoms with Crippen LogP contribution in [0.3, 0.4) is 0 Å². The van der Waals surface area contributed by atoms with Crippen molar-refractivity contribution in [3.8, 4) is 6.07 Å². The lowest BCUT2D eigenvalue weighted by atomic mass is 9.81. The number of imidazole rings is 1. The average molecular weight is 265 g/mol. The molecule has 2 aromatic rings. The van der Waals surface area contributed by atoms with Gasteiger partial charge in [-0.3, -0.25) is 4.57 Å². The van der Waals surface area contributed by atoms with Crippen LogP contribution in [0.5, 0.6) is 0 Å². The summed E-state index contributed by atoms with van der Waals surface area (Å²) in [5, 5.41) is 9.07. The third kappa shape index (κ3) is 1.76. The van der Waals surface area contributed by atoms with E-state index in [9.17, 15) is 0 Å². The summed E-state index contributed by atoms with van der Waals surface area (Å²) >= 11 is 0. The molecule has 0 aliphatic heterocycles. The van der Waals surface area contributed by atoms with Gasteiger partial charge in [0.1, 0.15) is 5.82 Å². The van der Waals surface area contributed by atoms with Crippen molar-refractivity contribution in [2.75, 3.05) is 0 Å². The van der Waals surface area contributed by atoms with E-state index in [0.29, 0.717) is 12.3 Å². The van der Waals surface area contributed by atoms with Crippen LogP contribution in [-0.4, -0.2) is 9.55 Å². The second kappa shape index (κ2) is 4.49. The molecule has 0 spiro atoms. The molecule has 0 bridgehead atoms. The first-order valence-electron chi connectivity index (χ1n) is 7.10. The van der Waals surface area contributed by atoms with Crippen LogP contribution < -0.4 is 0 Å². The Morgan fingerprint density at radius 3 is 2.80 bits per heavy atom. The first-order chi connectivity index (χ1) is 9.55. The molecule has 0 N–H and O–H groups in total. The molecule has 3 nitrogen and oxygen atoms in total. The van der Waals surface area contributed by atoms with E-state index in [1.807, 2.05) is 18.2 Å². The number of nitriles is 1.